The van der Waals surface area contributed by atoms with Crippen molar-refractivity contribution in [1.29, 1.82) is 0 Å². The quantitative estimate of drug-likeness (QED) is 0.637. The molecule has 1 aliphatic heterocycles. The molecule has 0 atom stereocenters. The van der Waals surface area contributed by atoms with E-state index in [1.54, 1.807) is 0 Å². The Morgan fingerprint density at radius 1 is 0.900 bits per heavy atom. The van der Waals surface area contributed by atoms with Crippen molar-refractivity contribution in [2.45, 2.75) is 25.7 Å². The Labute approximate surface area is 179 Å². The molecule has 2 heterocycles. The third-order valence-corrected chi connectivity index (χ3v) is 5.88. The van der Waals surface area contributed by atoms with Crippen LogP contribution in [0.3, 0.4) is 0 Å². The first-order chi connectivity index (χ1) is 14.8. The van der Waals surface area contributed by atoms with Gasteiger partial charge in [0, 0.05) is 31.5 Å². The molecule has 1 saturated heterocycles. The van der Waals surface area contributed by atoms with Crippen molar-refractivity contribution in [2.75, 3.05) is 19.6 Å². The van der Waals surface area contributed by atoms with Gasteiger partial charge < -0.3 is 10.2 Å². The third-order valence-electron chi connectivity index (χ3n) is 5.88. The number of carbonyl (C=O) groups is 1. The molecule has 30 heavy (non-hydrogen) atoms. The van der Waals surface area contributed by atoms with Gasteiger partial charge in [-0.2, -0.15) is 0 Å². The number of likely N-dealkylation sites (tertiary alicyclic amines) is 1. The fourth-order valence-electron chi connectivity index (χ4n) is 4.07. The first kappa shape index (κ1) is 20.1. The SMILES string of the molecule is O=C(NCCc1ccc(-c2ccccc2)cc1)N1CCC(Cc2ccccn2)CC1. The molecule has 3 aromatic rings. The Morgan fingerprint density at radius 3 is 2.30 bits per heavy atom. The lowest BCUT2D eigenvalue weighted by Gasteiger charge is -2.32. The number of piperidine rings is 1. The maximum Gasteiger partial charge on any atom is 0.317 e. The maximum absolute atomic E-state index is 12.5. The topological polar surface area (TPSA) is 45.2 Å². The van der Waals surface area contributed by atoms with Gasteiger partial charge in [0.25, 0.3) is 0 Å². The summed E-state index contributed by atoms with van der Waals surface area (Å²) in [4.78, 5) is 18.9. The van der Waals surface area contributed by atoms with E-state index in [1.165, 1.54) is 16.7 Å². The Kier molecular flexibility index (Phi) is 6.75. The third kappa shape index (κ3) is 5.47. The molecule has 1 N–H and O–H groups in total. The second-order valence-corrected chi connectivity index (χ2v) is 8.00. The highest BCUT2D eigenvalue weighted by molar-refractivity contribution is 5.74. The van der Waals surface area contributed by atoms with Crippen LogP contribution < -0.4 is 5.32 Å². The van der Waals surface area contributed by atoms with Gasteiger partial charge in [-0.05, 0) is 60.4 Å². The smallest absolute Gasteiger partial charge is 0.317 e. The summed E-state index contributed by atoms with van der Waals surface area (Å²) in [5.74, 6) is 0.618. The maximum atomic E-state index is 12.5. The van der Waals surface area contributed by atoms with E-state index in [0.29, 0.717) is 12.5 Å². The number of hydrogen-bond donors (Lipinski definition) is 1. The molecule has 0 saturated carbocycles. The van der Waals surface area contributed by atoms with Gasteiger partial charge in [-0.3, -0.25) is 4.98 Å². The van der Waals surface area contributed by atoms with Crippen LogP contribution in [-0.2, 0) is 12.8 Å². The molecule has 1 aliphatic rings. The largest absolute Gasteiger partial charge is 0.338 e. The summed E-state index contributed by atoms with van der Waals surface area (Å²) in [6, 6.07) is 25.1. The molecule has 4 rings (SSSR count). The predicted molar refractivity (Wildman–Crippen MR) is 121 cm³/mol. The van der Waals surface area contributed by atoms with E-state index in [0.717, 1.165) is 44.5 Å². The van der Waals surface area contributed by atoms with E-state index < -0.39 is 0 Å². The summed E-state index contributed by atoms with van der Waals surface area (Å²) in [7, 11) is 0. The lowest BCUT2D eigenvalue weighted by molar-refractivity contribution is 0.170. The molecular formula is C26H29N3O. The highest BCUT2D eigenvalue weighted by Crippen LogP contribution is 2.21. The van der Waals surface area contributed by atoms with Crippen LogP contribution in [0.2, 0.25) is 0 Å². The first-order valence-electron chi connectivity index (χ1n) is 10.8. The lowest BCUT2D eigenvalue weighted by atomic mass is 9.92. The highest BCUT2D eigenvalue weighted by atomic mass is 16.2. The number of nitrogens with one attached hydrogen (secondary N) is 1. The number of aromatic nitrogens is 1. The van der Waals surface area contributed by atoms with Gasteiger partial charge in [0.15, 0.2) is 0 Å². The number of rotatable bonds is 6. The molecule has 0 unspecified atom stereocenters. The average molecular weight is 400 g/mol. The van der Waals surface area contributed by atoms with Crippen LogP contribution in [0.1, 0.15) is 24.1 Å². The van der Waals surface area contributed by atoms with Crippen LogP contribution in [-0.4, -0.2) is 35.5 Å². The second-order valence-electron chi connectivity index (χ2n) is 8.00. The normalized spacial score (nSPS) is 14.5. The molecule has 1 aromatic heterocycles. The zero-order chi connectivity index (χ0) is 20.6. The fourth-order valence-corrected chi connectivity index (χ4v) is 4.07. The van der Waals surface area contributed by atoms with E-state index in [-0.39, 0.29) is 6.03 Å². The summed E-state index contributed by atoms with van der Waals surface area (Å²) < 4.78 is 0. The van der Waals surface area contributed by atoms with Gasteiger partial charge in [-0.15, -0.1) is 0 Å². The summed E-state index contributed by atoms with van der Waals surface area (Å²) in [5.41, 5.74) is 4.84. The summed E-state index contributed by atoms with van der Waals surface area (Å²) in [6.45, 7) is 2.32. The molecule has 0 spiro atoms. The summed E-state index contributed by atoms with van der Waals surface area (Å²) in [5, 5.41) is 3.09. The van der Waals surface area contributed by atoms with Crippen LogP contribution in [0.4, 0.5) is 4.79 Å². The number of urea groups is 1. The molecule has 2 amide bonds. The molecule has 0 bridgehead atoms. The van der Waals surface area contributed by atoms with E-state index >= 15 is 0 Å². The minimum Gasteiger partial charge on any atom is -0.338 e. The van der Waals surface area contributed by atoms with Crippen LogP contribution >= 0.6 is 0 Å². The van der Waals surface area contributed by atoms with Gasteiger partial charge in [-0.25, -0.2) is 4.79 Å². The van der Waals surface area contributed by atoms with Gasteiger partial charge in [0.1, 0.15) is 0 Å². The molecule has 154 valence electrons. The standard InChI is InChI=1S/C26H29N3O/c30-26(29-18-14-22(15-19-29)20-25-8-4-5-16-27-25)28-17-13-21-9-11-24(12-10-21)23-6-2-1-3-7-23/h1-12,16,22H,13-15,17-20H2,(H,28,30). The van der Waals surface area contributed by atoms with Crippen molar-refractivity contribution in [2.24, 2.45) is 5.92 Å². The molecule has 0 radical (unpaired) electrons. The molecule has 2 aromatic carbocycles. The monoisotopic (exact) mass is 399 g/mol. The summed E-state index contributed by atoms with van der Waals surface area (Å²) in [6.07, 6.45) is 5.80. The molecule has 1 fully saturated rings. The van der Waals surface area contributed by atoms with Crippen LogP contribution in [0, 0.1) is 5.92 Å². The van der Waals surface area contributed by atoms with E-state index in [1.807, 2.05) is 29.3 Å². The van der Waals surface area contributed by atoms with Gasteiger partial charge in [0.2, 0.25) is 0 Å². The van der Waals surface area contributed by atoms with Crippen molar-refractivity contribution in [3.8, 4) is 11.1 Å². The number of benzene rings is 2. The van der Waals surface area contributed by atoms with Crippen molar-refractivity contribution in [3.63, 3.8) is 0 Å². The van der Waals surface area contributed by atoms with Gasteiger partial charge in [-0.1, -0.05) is 60.7 Å². The van der Waals surface area contributed by atoms with Crippen LogP contribution in [0.25, 0.3) is 11.1 Å². The van der Waals surface area contributed by atoms with Crippen molar-refractivity contribution < 1.29 is 4.79 Å². The first-order valence-corrected chi connectivity index (χ1v) is 10.8. The van der Waals surface area contributed by atoms with Crippen molar-refractivity contribution >= 4 is 6.03 Å². The fraction of sp³-hybridized carbons (Fsp3) is 0.308. The molecule has 4 nitrogen and oxygen atoms in total. The Balaban J connectivity index is 1.18. The minimum atomic E-state index is 0.0622. The van der Waals surface area contributed by atoms with Crippen molar-refractivity contribution in [3.05, 3.63) is 90.3 Å². The van der Waals surface area contributed by atoms with Crippen molar-refractivity contribution in [1.82, 2.24) is 15.2 Å². The van der Waals surface area contributed by atoms with Crippen LogP contribution in [0.5, 0.6) is 0 Å². The summed E-state index contributed by atoms with van der Waals surface area (Å²) >= 11 is 0. The van der Waals surface area contributed by atoms with E-state index in [2.05, 4.69) is 64.9 Å². The average Bonchev–Trinajstić information content (AvgIpc) is 2.81. The zero-order valence-electron chi connectivity index (χ0n) is 17.3. The number of pyridine rings is 1. The van der Waals surface area contributed by atoms with Gasteiger partial charge >= 0.3 is 6.03 Å². The van der Waals surface area contributed by atoms with Crippen LogP contribution in [0.15, 0.2) is 79.0 Å². The van der Waals surface area contributed by atoms with E-state index in [9.17, 15) is 4.79 Å². The Hall–Kier alpha value is -3.14. The highest BCUT2D eigenvalue weighted by Gasteiger charge is 2.22. The minimum absolute atomic E-state index is 0.0622. The number of carbonyl (C=O) groups excluding carboxylic acids is 1. The lowest BCUT2D eigenvalue weighted by Crippen LogP contribution is -2.45. The number of nitrogens with zero attached hydrogens (tertiary/aromatic N) is 2. The Bertz CT molecular complexity index is 918. The molecular weight excluding hydrogens is 370 g/mol. The number of amides is 2. The molecule has 4 heteroatoms. The second kappa shape index (κ2) is 10.1. The van der Waals surface area contributed by atoms with E-state index in [4.69, 9.17) is 0 Å². The van der Waals surface area contributed by atoms with Gasteiger partial charge in [0.05, 0.1) is 0 Å². The predicted octanol–water partition coefficient (Wildman–Crippen LogP) is 4.96. The Morgan fingerprint density at radius 2 is 1.60 bits per heavy atom. The number of hydrogen-bond acceptors (Lipinski definition) is 2. The zero-order valence-corrected chi connectivity index (χ0v) is 17.3. The molecule has 0 aliphatic carbocycles.